The van der Waals surface area contributed by atoms with Gasteiger partial charge in [-0.1, -0.05) is 0 Å². The van der Waals surface area contributed by atoms with Crippen LogP contribution in [0.3, 0.4) is 0 Å². The van der Waals surface area contributed by atoms with Crippen LogP contribution in [0.15, 0.2) is 26.3 Å². The number of sulfonamides is 1. The Morgan fingerprint density at radius 3 is 2.35 bits per heavy atom. The normalized spacial score (nSPS) is 27.2. The minimum atomic E-state index is -3.55. The van der Waals surface area contributed by atoms with Gasteiger partial charge in [-0.05, 0) is 41.9 Å². The molecule has 0 N–H and O–H groups in total. The molecule has 1 saturated heterocycles. The van der Waals surface area contributed by atoms with Crippen LogP contribution in [0.2, 0.25) is 0 Å². The van der Waals surface area contributed by atoms with Crippen molar-refractivity contribution in [3.63, 3.8) is 0 Å². The second-order valence-electron chi connectivity index (χ2n) is 4.14. The molecule has 2 rings (SSSR count). The summed E-state index contributed by atoms with van der Waals surface area (Å²) >= 11 is 3.10. The molecule has 0 spiro atoms. The predicted octanol–water partition coefficient (Wildman–Crippen LogP) is 1.84. The molecular weight excluding hydrogens is 310 g/mol. The zero-order valence-corrected chi connectivity index (χ0v) is 12.0. The van der Waals surface area contributed by atoms with E-state index in [0.29, 0.717) is 17.8 Å². The molecule has 17 heavy (non-hydrogen) atoms. The topological polar surface area (TPSA) is 59.8 Å². The number of hydrogen-bond acceptors (Lipinski definition) is 4. The highest BCUT2D eigenvalue weighted by Gasteiger charge is 2.34. The molecule has 1 aromatic heterocycles. The van der Waals surface area contributed by atoms with Crippen LogP contribution >= 0.6 is 15.9 Å². The minimum absolute atomic E-state index is 0.0364. The van der Waals surface area contributed by atoms with Gasteiger partial charge in [0, 0.05) is 13.1 Å². The Bertz CT molecular complexity index is 488. The summed E-state index contributed by atoms with van der Waals surface area (Å²) in [5.74, 6) is 0. The molecule has 0 saturated carbocycles. The summed E-state index contributed by atoms with van der Waals surface area (Å²) in [6.45, 7) is 4.42. The highest BCUT2D eigenvalue weighted by molar-refractivity contribution is 9.10. The Labute approximate surface area is 109 Å². The van der Waals surface area contributed by atoms with E-state index in [0.717, 1.165) is 0 Å². The van der Waals surface area contributed by atoms with E-state index in [-0.39, 0.29) is 17.3 Å². The zero-order valence-electron chi connectivity index (χ0n) is 9.59. The molecule has 1 aromatic rings. The van der Waals surface area contributed by atoms with E-state index in [1.54, 1.807) is 6.07 Å². The van der Waals surface area contributed by atoms with Crippen molar-refractivity contribution in [2.75, 3.05) is 13.1 Å². The first-order valence-electron chi connectivity index (χ1n) is 5.30. The molecule has 1 fully saturated rings. The van der Waals surface area contributed by atoms with E-state index < -0.39 is 10.0 Å². The van der Waals surface area contributed by atoms with Crippen molar-refractivity contribution in [3.8, 4) is 0 Å². The van der Waals surface area contributed by atoms with Gasteiger partial charge in [0.2, 0.25) is 5.09 Å². The molecule has 5 nitrogen and oxygen atoms in total. The second kappa shape index (κ2) is 4.72. The first-order valence-corrected chi connectivity index (χ1v) is 7.54. The van der Waals surface area contributed by atoms with Crippen molar-refractivity contribution in [1.29, 1.82) is 0 Å². The van der Waals surface area contributed by atoms with Gasteiger partial charge in [-0.25, -0.2) is 8.42 Å². The average Bonchev–Trinajstić information content (AvgIpc) is 2.64. The van der Waals surface area contributed by atoms with E-state index in [9.17, 15) is 8.42 Å². The molecule has 0 amide bonds. The molecule has 2 heterocycles. The third-order valence-corrected chi connectivity index (χ3v) is 4.66. The molecule has 1 aliphatic heterocycles. The van der Waals surface area contributed by atoms with Crippen molar-refractivity contribution in [3.05, 3.63) is 16.8 Å². The second-order valence-corrected chi connectivity index (χ2v) is 6.79. The number of furan rings is 1. The van der Waals surface area contributed by atoms with Gasteiger partial charge in [0.05, 0.1) is 12.2 Å². The number of nitrogens with zero attached hydrogens (tertiary/aromatic N) is 1. The summed E-state index contributed by atoms with van der Waals surface area (Å²) in [4.78, 5) is 0. The molecule has 0 bridgehead atoms. The largest absolute Gasteiger partial charge is 0.437 e. The van der Waals surface area contributed by atoms with Gasteiger partial charge in [-0.3, -0.25) is 0 Å². The number of morpholine rings is 1. The lowest BCUT2D eigenvalue weighted by Crippen LogP contribution is -2.47. The number of rotatable bonds is 2. The fourth-order valence-corrected chi connectivity index (χ4v) is 3.81. The monoisotopic (exact) mass is 323 g/mol. The van der Waals surface area contributed by atoms with Crippen molar-refractivity contribution < 1.29 is 17.6 Å². The standard InChI is InChI=1S/C10H14BrNO4S/c1-7-5-12(6-8(2)15-7)17(13,14)10-4-3-9(11)16-10/h3-4,7-8H,5-6H2,1-2H3/t7-,8+. The lowest BCUT2D eigenvalue weighted by molar-refractivity contribution is -0.0443. The fraction of sp³-hybridized carbons (Fsp3) is 0.600. The van der Waals surface area contributed by atoms with Crippen LogP contribution in [0, 0.1) is 0 Å². The molecule has 1 aliphatic rings. The summed E-state index contributed by atoms with van der Waals surface area (Å²) in [5, 5.41) is -0.0364. The first kappa shape index (κ1) is 13.1. The number of hydrogen-bond donors (Lipinski definition) is 0. The molecule has 7 heteroatoms. The number of halogens is 1. The highest BCUT2D eigenvalue weighted by Crippen LogP contribution is 2.24. The van der Waals surface area contributed by atoms with Gasteiger partial charge in [0.15, 0.2) is 4.67 Å². The summed E-state index contributed by atoms with van der Waals surface area (Å²) in [6, 6.07) is 3.02. The maximum Gasteiger partial charge on any atom is 0.276 e. The molecule has 0 radical (unpaired) electrons. The quantitative estimate of drug-likeness (QED) is 0.833. The van der Waals surface area contributed by atoms with Gasteiger partial charge < -0.3 is 9.15 Å². The van der Waals surface area contributed by atoms with Gasteiger partial charge in [-0.2, -0.15) is 4.31 Å². The summed E-state index contributed by atoms with van der Waals surface area (Å²) < 4.78 is 36.9. The predicted molar refractivity (Wildman–Crippen MR) is 65.2 cm³/mol. The van der Waals surface area contributed by atoms with Crippen LogP contribution in [0.4, 0.5) is 0 Å². The SMILES string of the molecule is C[C@@H]1CN(S(=O)(=O)c2ccc(Br)o2)C[C@H](C)O1. The van der Waals surface area contributed by atoms with Gasteiger partial charge in [-0.15, -0.1) is 0 Å². The average molecular weight is 324 g/mol. The van der Waals surface area contributed by atoms with E-state index in [2.05, 4.69) is 15.9 Å². The van der Waals surface area contributed by atoms with Crippen LogP contribution in [0.25, 0.3) is 0 Å². The molecule has 0 aromatic carbocycles. The van der Waals surface area contributed by atoms with Crippen LogP contribution in [-0.4, -0.2) is 38.0 Å². The molecule has 0 unspecified atom stereocenters. The summed E-state index contributed by atoms with van der Waals surface area (Å²) in [5.41, 5.74) is 0. The van der Waals surface area contributed by atoms with Crippen molar-refractivity contribution in [1.82, 2.24) is 4.31 Å². The van der Waals surface area contributed by atoms with Gasteiger partial charge in [0.1, 0.15) is 0 Å². The molecular formula is C10H14BrNO4S. The van der Waals surface area contributed by atoms with Gasteiger partial charge in [0.25, 0.3) is 10.0 Å². The lowest BCUT2D eigenvalue weighted by Gasteiger charge is -2.33. The Morgan fingerprint density at radius 2 is 1.88 bits per heavy atom. The maximum atomic E-state index is 12.2. The third kappa shape index (κ3) is 2.73. The maximum absolute atomic E-state index is 12.2. The highest BCUT2D eigenvalue weighted by atomic mass is 79.9. The third-order valence-electron chi connectivity index (χ3n) is 2.53. The van der Waals surface area contributed by atoms with Gasteiger partial charge >= 0.3 is 0 Å². The van der Waals surface area contributed by atoms with Crippen molar-refractivity contribution >= 4 is 26.0 Å². The first-order chi connectivity index (χ1) is 7.89. The van der Waals surface area contributed by atoms with Crippen molar-refractivity contribution in [2.24, 2.45) is 0 Å². The minimum Gasteiger partial charge on any atom is -0.437 e. The van der Waals surface area contributed by atoms with Crippen LogP contribution in [0.1, 0.15) is 13.8 Å². The Kier molecular flexibility index (Phi) is 3.63. The summed E-state index contributed by atoms with van der Waals surface area (Å²) in [7, 11) is -3.55. The molecule has 2 atom stereocenters. The molecule has 0 aliphatic carbocycles. The van der Waals surface area contributed by atoms with E-state index in [1.807, 2.05) is 13.8 Å². The Balaban J connectivity index is 2.26. The molecule has 96 valence electrons. The Hall–Kier alpha value is -0.370. The van der Waals surface area contributed by atoms with Crippen LogP contribution < -0.4 is 0 Å². The van der Waals surface area contributed by atoms with E-state index >= 15 is 0 Å². The fourth-order valence-electron chi connectivity index (χ4n) is 1.89. The Morgan fingerprint density at radius 1 is 1.29 bits per heavy atom. The zero-order chi connectivity index (χ0) is 12.6. The summed E-state index contributed by atoms with van der Waals surface area (Å²) in [6.07, 6.45) is -0.209. The van der Waals surface area contributed by atoms with Crippen LogP contribution in [-0.2, 0) is 14.8 Å². The van der Waals surface area contributed by atoms with Crippen LogP contribution in [0.5, 0.6) is 0 Å². The van der Waals surface area contributed by atoms with E-state index in [1.165, 1.54) is 10.4 Å². The smallest absolute Gasteiger partial charge is 0.276 e. The lowest BCUT2D eigenvalue weighted by atomic mass is 10.3. The van der Waals surface area contributed by atoms with Crippen molar-refractivity contribution in [2.45, 2.75) is 31.1 Å². The number of ether oxygens (including phenoxy) is 1. The van der Waals surface area contributed by atoms with E-state index in [4.69, 9.17) is 9.15 Å².